The predicted octanol–water partition coefficient (Wildman–Crippen LogP) is 2.76. The first-order valence-electron chi connectivity index (χ1n) is 6.55. The molecule has 0 unspecified atom stereocenters. The number of amides is 1. The molecule has 0 aliphatic heterocycles. The van der Waals surface area contributed by atoms with Gasteiger partial charge < -0.3 is 4.74 Å². The Morgan fingerprint density at radius 1 is 1.35 bits per heavy atom. The SMILES string of the molecule is COC(=O)Nn1cnc2cc(Sc3ccc(C#N)cn3)ccc21. The first kappa shape index (κ1) is 14.9. The molecular formula is C15H11N5O2S. The molecule has 114 valence electrons. The van der Waals surface area contributed by atoms with Crippen LogP contribution in [0.4, 0.5) is 4.79 Å². The minimum Gasteiger partial charge on any atom is -0.452 e. The molecule has 0 atom stereocenters. The van der Waals surface area contributed by atoms with E-state index in [0.29, 0.717) is 5.56 Å². The van der Waals surface area contributed by atoms with Gasteiger partial charge in [0, 0.05) is 11.1 Å². The first-order valence-corrected chi connectivity index (χ1v) is 7.37. The molecule has 0 saturated carbocycles. The van der Waals surface area contributed by atoms with Gasteiger partial charge in [-0.1, -0.05) is 11.8 Å². The van der Waals surface area contributed by atoms with Crippen molar-refractivity contribution in [3.8, 4) is 6.07 Å². The number of hydrogen-bond donors (Lipinski definition) is 1. The fourth-order valence-electron chi connectivity index (χ4n) is 1.92. The molecular weight excluding hydrogens is 314 g/mol. The van der Waals surface area contributed by atoms with Crippen LogP contribution in [0.25, 0.3) is 11.0 Å². The number of fused-ring (bicyclic) bond motifs is 1. The van der Waals surface area contributed by atoms with E-state index >= 15 is 0 Å². The van der Waals surface area contributed by atoms with Gasteiger partial charge in [-0.3, -0.25) is 0 Å². The number of carbonyl (C=O) groups is 1. The molecule has 2 aromatic heterocycles. The Balaban J connectivity index is 1.83. The standard InChI is InChI=1S/C15H11N5O2S/c1-22-15(21)19-20-9-18-12-6-11(3-4-13(12)20)23-14-5-2-10(7-16)8-17-14/h2-6,8-9H,1H3,(H,19,21). The normalized spacial score (nSPS) is 10.3. The van der Waals surface area contributed by atoms with Gasteiger partial charge in [-0.25, -0.2) is 24.9 Å². The monoisotopic (exact) mass is 325 g/mol. The van der Waals surface area contributed by atoms with Crippen molar-refractivity contribution in [3.05, 3.63) is 48.4 Å². The zero-order valence-corrected chi connectivity index (χ0v) is 12.9. The number of hydrogen-bond acceptors (Lipinski definition) is 6. The van der Waals surface area contributed by atoms with Crippen molar-refractivity contribution in [2.45, 2.75) is 9.92 Å². The number of rotatable bonds is 3. The lowest BCUT2D eigenvalue weighted by atomic mass is 10.3. The van der Waals surface area contributed by atoms with Crippen molar-refractivity contribution < 1.29 is 9.53 Å². The van der Waals surface area contributed by atoms with Gasteiger partial charge in [-0.2, -0.15) is 5.26 Å². The molecule has 7 nitrogen and oxygen atoms in total. The average molecular weight is 325 g/mol. The number of imidazole rings is 1. The Labute approximate surface area is 135 Å². The van der Waals surface area contributed by atoms with Crippen LogP contribution in [0.5, 0.6) is 0 Å². The van der Waals surface area contributed by atoms with Crippen LogP contribution in [0.15, 0.2) is 52.8 Å². The van der Waals surface area contributed by atoms with Crippen LogP contribution in [0, 0.1) is 11.3 Å². The number of nitrogens with zero attached hydrogens (tertiary/aromatic N) is 4. The Hall–Kier alpha value is -3.05. The highest BCUT2D eigenvalue weighted by molar-refractivity contribution is 7.99. The summed E-state index contributed by atoms with van der Waals surface area (Å²) in [6.45, 7) is 0. The van der Waals surface area contributed by atoms with E-state index in [2.05, 4.69) is 20.1 Å². The number of carbonyl (C=O) groups excluding carboxylic acids is 1. The molecule has 23 heavy (non-hydrogen) atoms. The zero-order valence-electron chi connectivity index (χ0n) is 12.1. The molecule has 0 saturated heterocycles. The third-order valence-corrected chi connectivity index (χ3v) is 3.94. The minimum absolute atomic E-state index is 0.525. The van der Waals surface area contributed by atoms with E-state index in [0.717, 1.165) is 21.0 Å². The largest absolute Gasteiger partial charge is 0.452 e. The lowest BCUT2D eigenvalue weighted by molar-refractivity contribution is 0.183. The van der Waals surface area contributed by atoms with Gasteiger partial charge in [-0.05, 0) is 30.3 Å². The molecule has 0 fully saturated rings. The number of ether oxygens (including phenoxy) is 1. The third-order valence-electron chi connectivity index (χ3n) is 3.00. The van der Waals surface area contributed by atoms with E-state index in [-0.39, 0.29) is 0 Å². The minimum atomic E-state index is -0.565. The fraction of sp³-hybridized carbons (Fsp3) is 0.0667. The van der Waals surface area contributed by atoms with Gasteiger partial charge in [0.05, 0.1) is 23.7 Å². The quantitative estimate of drug-likeness (QED) is 0.796. The molecule has 1 N–H and O–H groups in total. The van der Waals surface area contributed by atoms with Gasteiger partial charge in [-0.15, -0.1) is 0 Å². The number of methoxy groups -OCH3 is 1. The van der Waals surface area contributed by atoms with E-state index in [9.17, 15) is 4.79 Å². The molecule has 2 heterocycles. The van der Waals surface area contributed by atoms with Crippen molar-refractivity contribution in [2.75, 3.05) is 12.5 Å². The molecule has 8 heteroatoms. The summed E-state index contributed by atoms with van der Waals surface area (Å²) in [4.78, 5) is 20.7. The zero-order chi connectivity index (χ0) is 16.2. The Kier molecular flexibility index (Phi) is 4.12. The van der Waals surface area contributed by atoms with E-state index in [4.69, 9.17) is 5.26 Å². The van der Waals surface area contributed by atoms with Crippen molar-refractivity contribution in [1.82, 2.24) is 14.6 Å². The lowest BCUT2D eigenvalue weighted by Crippen LogP contribution is -2.21. The average Bonchev–Trinajstić information content (AvgIpc) is 2.97. The van der Waals surface area contributed by atoms with E-state index in [1.54, 1.807) is 12.1 Å². The smallest absolute Gasteiger partial charge is 0.426 e. The summed E-state index contributed by atoms with van der Waals surface area (Å²) in [5.74, 6) is 0. The molecule has 3 rings (SSSR count). The van der Waals surface area contributed by atoms with Crippen molar-refractivity contribution in [1.29, 1.82) is 5.26 Å². The van der Waals surface area contributed by atoms with Gasteiger partial charge in [0.15, 0.2) is 0 Å². The topological polar surface area (TPSA) is 92.8 Å². The highest BCUT2D eigenvalue weighted by atomic mass is 32.2. The second-order valence-electron chi connectivity index (χ2n) is 4.47. The summed E-state index contributed by atoms with van der Waals surface area (Å²) >= 11 is 1.47. The molecule has 1 aromatic carbocycles. The number of nitriles is 1. The highest BCUT2D eigenvalue weighted by Gasteiger charge is 2.08. The molecule has 0 bridgehead atoms. The van der Waals surface area contributed by atoms with Gasteiger partial charge in [0.25, 0.3) is 0 Å². The van der Waals surface area contributed by atoms with Crippen molar-refractivity contribution in [3.63, 3.8) is 0 Å². The lowest BCUT2D eigenvalue weighted by Gasteiger charge is -2.05. The number of aromatic nitrogens is 3. The van der Waals surface area contributed by atoms with Crippen molar-refractivity contribution >= 4 is 28.9 Å². The maximum Gasteiger partial charge on any atom is 0.426 e. The van der Waals surface area contributed by atoms with Crippen LogP contribution in [0.1, 0.15) is 5.56 Å². The van der Waals surface area contributed by atoms with Crippen molar-refractivity contribution in [2.24, 2.45) is 0 Å². The Morgan fingerprint density at radius 2 is 2.22 bits per heavy atom. The molecule has 0 aliphatic rings. The fourth-order valence-corrected chi connectivity index (χ4v) is 2.71. The van der Waals surface area contributed by atoms with Crippen LogP contribution in [-0.2, 0) is 4.74 Å². The van der Waals surface area contributed by atoms with Crippen LogP contribution in [0.3, 0.4) is 0 Å². The van der Waals surface area contributed by atoms with E-state index < -0.39 is 6.09 Å². The molecule has 1 amide bonds. The van der Waals surface area contributed by atoms with E-state index in [1.807, 2.05) is 24.3 Å². The van der Waals surface area contributed by atoms with E-state index in [1.165, 1.54) is 36.1 Å². The molecule has 0 spiro atoms. The highest BCUT2D eigenvalue weighted by Crippen LogP contribution is 2.28. The second kappa shape index (κ2) is 6.37. The van der Waals surface area contributed by atoms with Gasteiger partial charge in [0.1, 0.15) is 17.4 Å². The van der Waals surface area contributed by atoms with Crippen LogP contribution in [-0.4, -0.2) is 27.8 Å². The maximum atomic E-state index is 11.3. The van der Waals surface area contributed by atoms with Crippen LogP contribution < -0.4 is 5.43 Å². The summed E-state index contributed by atoms with van der Waals surface area (Å²) in [6, 6.07) is 11.2. The predicted molar refractivity (Wildman–Crippen MR) is 84.6 cm³/mol. The second-order valence-corrected chi connectivity index (χ2v) is 5.56. The summed E-state index contributed by atoms with van der Waals surface area (Å²) in [7, 11) is 1.30. The van der Waals surface area contributed by atoms with Crippen LogP contribution >= 0.6 is 11.8 Å². The molecule has 0 radical (unpaired) electrons. The summed E-state index contributed by atoms with van der Waals surface area (Å²) in [5, 5.41) is 9.56. The van der Waals surface area contributed by atoms with Gasteiger partial charge >= 0.3 is 6.09 Å². The first-order chi connectivity index (χ1) is 11.2. The maximum absolute atomic E-state index is 11.3. The number of pyridine rings is 1. The Morgan fingerprint density at radius 3 is 2.91 bits per heavy atom. The van der Waals surface area contributed by atoms with Gasteiger partial charge in [0.2, 0.25) is 0 Å². The summed E-state index contributed by atoms with van der Waals surface area (Å²) in [5.41, 5.74) is 4.56. The number of nitrogens with one attached hydrogen (secondary N) is 1. The van der Waals surface area contributed by atoms with Crippen LogP contribution in [0.2, 0.25) is 0 Å². The number of benzene rings is 1. The molecule has 3 aromatic rings. The summed E-state index contributed by atoms with van der Waals surface area (Å²) < 4.78 is 6.06. The Bertz CT molecular complexity index is 898. The molecule has 0 aliphatic carbocycles. The third kappa shape index (κ3) is 3.25. The summed E-state index contributed by atoms with van der Waals surface area (Å²) in [6.07, 6.45) is 2.48.